The molecule has 0 bridgehead atoms. The van der Waals surface area contributed by atoms with E-state index in [1.165, 1.54) is 17.3 Å². The standard InChI is InChI=1S/C25H31FN2O4S/c1-18-8-11-24(20-6-4-3-5-7-20)33(30,31)28(18)17-21-9-10-22(16-23(21)26)25(27-19(2)29)12-14-32-15-13-25/h3-7,9-10,16,18,24H,8,11-15,17H2,1-2H3,(H,27,29)/t18-,24+/m0/s1. The van der Waals surface area contributed by atoms with Crippen molar-refractivity contribution >= 4 is 15.9 Å². The van der Waals surface area contributed by atoms with Crippen molar-refractivity contribution in [3.8, 4) is 0 Å². The molecule has 2 atom stereocenters. The summed E-state index contributed by atoms with van der Waals surface area (Å²) < 4.78 is 49.1. The van der Waals surface area contributed by atoms with Gasteiger partial charge >= 0.3 is 0 Å². The Morgan fingerprint density at radius 1 is 1.15 bits per heavy atom. The highest BCUT2D eigenvalue weighted by Gasteiger charge is 2.41. The van der Waals surface area contributed by atoms with Gasteiger partial charge in [0.15, 0.2) is 0 Å². The number of sulfonamides is 1. The Morgan fingerprint density at radius 2 is 1.85 bits per heavy atom. The molecule has 2 saturated heterocycles. The molecule has 8 heteroatoms. The first-order valence-electron chi connectivity index (χ1n) is 11.4. The maximum atomic E-state index is 15.3. The van der Waals surface area contributed by atoms with Gasteiger partial charge in [0, 0.05) is 38.3 Å². The summed E-state index contributed by atoms with van der Waals surface area (Å²) in [6.07, 6.45) is 2.38. The molecule has 178 valence electrons. The van der Waals surface area contributed by atoms with Crippen molar-refractivity contribution in [3.05, 3.63) is 71.0 Å². The van der Waals surface area contributed by atoms with E-state index in [0.717, 1.165) is 5.56 Å². The quantitative estimate of drug-likeness (QED) is 0.710. The van der Waals surface area contributed by atoms with Crippen molar-refractivity contribution in [2.45, 2.75) is 62.9 Å². The first-order valence-corrected chi connectivity index (χ1v) is 12.9. The molecule has 2 heterocycles. The number of ether oxygens (including phenoxy) is 1. The third kappa shape index (κ3) is 4.83. The molecular formula is C25H31FN2O4S. The van der Waals surface area contributed by atoms with Crippen LogP contribution in [0.15, 0.2) is 48.5 Å². The molecule has 2 aliphatic rings. The van der Waals surface area contributed by atoms with Crippen LogP contribution in [-0.4, -0.2) is 37.9 Å². The number of halogens is 1. The van der Waals surface area contributed by atoms with Crippen LogP contribution in [0.3, 0.4) is 0 Å². The number of amides is 1. The molecule has 0 unspecified atom stereocenters. The summed E-state index contributed by atoms with van der Waals surface area (Å²) in [5.41, 5.74) is 1.10. The predicted molar refractivity (Wildman–Crippen MR) is 124 cm³/mol. The van der Waals surface area contributed by atoms with Crippen LogP contribution in [0.5, 0.6) is 0 Å². The molecule has 2 aliphatic heterocycles. The lowest BCUT2D eigenvalue weighted by molar-refractivity contribution is -0.122. The molecule has 33 heavy (non-hydrogen) atoms. The number of nitrogens with zero attached hydrogens (tertiary/aromatic N) is 1. The van der Waals surface area contributed by atoms with Gasteiger partial charge < -0.3 is 10.1 Å². The fraction of sp³-hybridized carbons (Fsp3) is 0.480. The van der Waals surface area contributed by atoms with E-state index >= 15 is 4.39 Å². The molecule has 6 nitrogen and oxygen atoms in total. The lowest BCUT2D eigenvalue weighted by atomic mass is 9.82. The van der Waals surface area contributed by atoms with E-state index in [4.69, 9.17) is 4.74 Å². The highest BCUT2D eigenvalue weighted by atomic mass is 32.2. The zero-order valence-corrected chi connectivity index (χ0v) is 19.9. The Labute approximate surface area is 195 Å². The molecule has 2 fully saturated rings. The second-order valence-electron chi connectivity index (χ2n) is 9.10. The van der Waals surface area contributed by atoms with E-state index in [2.05, 4.69) is 5.32 Å². The van der Waals surface area contributed by atoms with Crippen LogP contribution in [-0.2, 0) is 31.6 Å². The molecule has 2 aromatic carbocycles. The van der Waals surface area contributed by atoms with Gasteiger partial charge in [-0.25, -0.2) is 12.8 Å². The summed E-state index contributed by atoms with van der Waals surface area (Å²) in [5, 5.41) is 2.37. The monoisotopic (exact) mass is 474 g/mol. The van der Waals surface area contributed by atoms with Crippen LogP contribution in [0.25, 0.3) is 0 Å². The smallest absolute Gasteiger partial charge is 0.221 e. The predicted octanol–water partition coefficient (Wildman–Crippen LogP) is 4.02. The largest absolute Gasteiger partial charge is 0.381 e. The van der Waals surface area contributed by atoms with Crippen molar-refractivity contribution in [1.29, 1.82) is 0 Å². The van der Waals surface area contributed by atoms with Crippen LogP contribution in [0, 0.1) is 5.82 Å². The van der Waals surface area contributed by atoms with Crippen LogP contribution in [0.1, 0.15) is 61.5 Å². The van der Waals surface area contributed by atoms with Gasteiger partial charge in [-0.1, -0.05) is 42.5 Å². The molecule has 0 saturated carbocycles. The molecule has 1 N–H and O–H groups in total. The van der Waals surface area contributed by atoms with Gasteiger partial charge in [-0.3, -0.25) is 4.79 Å². The molecule has 0 aliphatic carbocycles. The van der Waals surface area contributed by atoms with E-state index < -0.39 is 26.6 Å². The number of rotatable bonds is 5. The summed E-state index contributed by atoms with van der Waals surface area (Å²) in [7, 11) is -3.65. The lowest BCUT2D eigenvalue weighted by Gasteiger charge is -2.39. The molecule has 0 radical (unpaired) electrons. The zero-order valence-electron chi connectivity index (χ0n) is 19.1. The van der Waals surface area contributed by atoms with Crippen LogP contribution in [0.4, 0.5) is 4.39 Å². The fourth-order valence-electron chi connectivity index (χ4n) is 5.04. The summed E-state index contributed by atoms with van der Waals surface area (Å²) in [6, 6.07) is 13.9. The van der Waals surface area contributed by atoms with E-state index in [0.29, 0.717) is 50.0 Å². The van der Waals surface area contributed by atoms with Crippen LogP contribution < -0.4 is 5.32 Å². The number of nitrogens with one attached hydrogen (secondary N) is 1. The summed E-state index contributed by atoms with van der Waals surface area (Å²) >= 11 is 0. The van der Waals surface area contributed by atoms with E-state index in [9.17, 15) is 13.2 Å². The Morgan fingerprint density at radius 3 is 2.48 bits per heavy atom. The van der Waals surface area contributed by atoms with Gasteiger partial charge in [0.25, 0.3) is 0 Å². The lowest BCUT2D eigenvalue weighted by Crippen LogP contribution is -2.48. The van der Waals surface area contributed by atoms with Gasteiger partial charge in [-0.05, 0) is 49.8 Å². The average Bonchev–Trinajstić information content (AvgIpc) is 2.78. The third-order valence-electron chi connectivity index (χ3n) is 6.89. The second-order valence-corrected chi connectivity index (χ2v) is 11.2. The summed E-state index contributed by atoms with van der Waals surface area (Å²) in [4.78, 5) is 11.8. The summed E-state index contributed by atoms with van der Waals surface area (Å²) in [6.45, 7) is 4.27. The number of benzene rings is 2. The maximum Gasteiger partial charge on any atom is 0.221 e. The molecule has 0 aromatic heterocycles. The fourth-order valence-corrected chi connectivity index (χ4v) is 7.22. The van der Waals surface area contributed by atoms with E-state index in [1.807, 2.05) is 37.3 Å². The minimum absolute atomic E-state index is 0.0187. The number of carbonyl (C=O) groups is 1. The minimum Gasteiger partial charge on any atom is -0.381 e. The Bertz CT molecular complexity index is 1100. The van der Waals surface area contributed by atoms with Crippen molar-refractivity contribution < 1.29 is 22.3 Å². The van der Waals surface area contributed by atoms with Gasteiger partial charge in [0.2, 0.25) is 15.9 Å². The van der Waals surface area contributed by atoms with Crippen molar-refractivity contribution in [3.63, 3.8) is 0 Å². The Hall–Kier alpha value is -2.29. The normalized spacial score (nSPS) is 24.8. The number of hydrogen-bond acceptors (Lipinski definition) is 4. The van der Waals surface area contributed by atoms with Crippen LogP contribution in [0.2, 0.25) is 0 Å². The highest BCUT2D eigenvalue weighted by molar-refractivity contribution is 7.89. The van der Waals surface area contributed by atoms with Gasteiger partial charge in [0.1, 0.15) is 11.1 Å². The second kappa shape index (κ2) is 9.52. The minimum atomic E-state index is -3.65. The van der Waals surface area contributed by atoms with Crippen LogP contribution >= 0.6 is 0 Å². The maximum absolute atomic E-state index is 15.3. The highest BCUT2D eigenvalue weighted by Crippen LogP contribution is 2.39. The molecule has 0 spiro atoms. The van der Waals surface area contributed by atoms with Gasteiger partial charge in [-0.15, -0.1) is 0 Å². The summed E-state index contributed by atoms with van der Waals surface area (Å²) in [5.74, 6) is -0.644. The molecule has 1 amide bonds. The van der Waals surface area contributed by atoms with Gasteiger partial charge in [-0.2, -0.15) is 4.31 Å². The SMILES string of the molecule is CC(=O)NC1(c2ccc(CN3[C@@H](C)CC[C@H](c4ccccc4)S3(=O)=O)c(F)c2)CCOCC1. The third-order valence-corrected chi connectivity index (χ3v) is 9.26. The van der Waals surface area contributed by atoms with Crippen molar-refractivity contribution in [2.24, 2.45) is 0 Å². The van der Waals surface area contributed by atoms with Gasteiger partial charge in [0.05, 0.1) is 5.54 Å². The first-order chi connectivity index (χ1) is 15.7. The Balaban J connectivity index is 1.61. The number of carbonyl (C=O) groups excluding carboxylic acids is 1. The Kier molecular flexibility index (Phi) is 6.88. The number of hydrogen-bond donors (Lipinski definition) is 1. The molecular weight excluding hydrogens is 443 g/mol. The van der Waals surface area contributed by atoms with Crippen molar-refractivity contribution in [1.82, 2.24) is 9.62 Å². The average molecular weight is 475 g/mol. The van der Waals surface area contributed by atoms with Crippen molar-refractivity contribution in [2.75, 3.05) is 13.2 Å². The first kappa shape index (κ1) is 23.9. The molecule has 4 rings (SSSR count). The van der Waals surface area contributed by atoms with E-state index in [-0.39, 0.29) is 18.5 Å². The zero-order chi connectivity index (χ0) is 23.6. The molecule has 2 aromatic rings. The van der Waals surface area contributed by atoms with E-state index in [1.54, 1.807) is 12.1 Å². The topological polar surface area (TPSA) is 75.7 Å².